The second kappa shape index (κ2) is 1.70. The average Bonchev–Trinajstić information content (AvgIpc) is 2.60. The zero-order chi connectivity index (χ0) is 6.32. The minimum atomic E-state index is 0.548. The summed E-state index contributed by atoms with van der Waals surface area (Å²) >= 11 is 0. The van der Waals surface area contributed by atoms with Crippen LogP contribution in [-0.4, -0.2) is 24.7 Å². The molecule has 2 N–H and O–H groups in total. The zero-order valence-electron chi connectivity index (χ0n) is 5.91. The molecule has 0 aromatic heterocycles. The molecule has 1 atom stereocenters. The summed E-state index contributed by atoms with van der Waals surface area (Å²) in [6, 6.07) is 0.677. The Labute approximate surface area is 56.0 Å². The highest BCUT2D eigenvalue weighted by Gasteiger charge is 2.43. The van der Waals surface area contributed by atoms with Gasteiger partial charge in [-0.15, -0.1) is 0 Å². The van der Waals surface area contributed by atoms with Crippen LogP contribution >= 0.6 is 0 Å². The van der Waals surface area contributed by atoms with Crippen LogP contribution in [0.2, 0.25) is 0 Å². The Morgan fingerprint density at radius 3 is 2.67 bits per heavy atom. The Kier molecular flexibility index (Phi) is 1.08. The smallest absolute Gasteiger partial charge is 0.0308 e. The molecule has 0 aromatic rings. The van der Waals surface area contributed by atoms with Crippen molar-refractivity contribution >= 4 is 0 Å². The van der Waals surface area contributed by atoms with Crippen molar-refractivity contribution in [1.82, 2.24) is 10.6 Å². The van der Waals surface area contributed by atoms with E-state index < -0.39 is 0 Å². The molecule has 1 aliphatic carbocycles. The summed E-state index contributed by atoms with van der Waals surface area (Å²) in [5.74, 6) is 0. The number of hydrogen-bond donors (Lipinski definition) is 2. The maximum atomic E-state index is 3.56. The van der Waals surface area contributed by atoms with Gasteiger partial charge in [0.05, 0.1) is 0 Å². The van der Waals surface area contributed by atoms with Gasteiger partial charge >= 0.3 is 0 Å². The maximum Gasteiger partial charge on any atom is 0.0308 e. The molecule has 2 nitrogen and oxygen atoms in total. The third kappa shape index (κ3) is 0.970. The van der Waals surface area contributed by atoms with E-state index in [0.29, 0.717) is 11.6 Å². The van der Waals surface area contributed by atoms with Gasteiger partial charge in [0.15, 0.2) is 0 Å². The van der Waals surface area contributed by atoms with Crippen LogP contribution in [0.15, 0.2) is 0 Å². The van der Waals surface area contributed by atoms with Crippen LogP contribution in [0.3, 0.4) is 0 Å². The highest BCUT2D eigenvalue weighted by Crippen LogP contribution is 2.35. The van der Waals surface area contributed by atoms with Crippen LogP contribution in [-0.2, 0) is 0 Å². The molecule has 0 aromatic carbocycles. The zero-order valence-corrected chi connectivity index (χ0v) is 5.91. The van der Waals surface area contributed by atoms with E-state index in [9.17, 15) is 0 Å². The molecule has 1 saturated heterocycles. The fourth-order valence-electron chi connectivity index (χ4n) is 1.38. The SMILES string of the molecule is C[C@H]1CNC2(CC2)CN1. The van der Waals surface area contributed by atoms with E-state index in [0.717, 1.165) is 6.54 Å². The summed E-state index contributed by atoms with van der Waals surface area (Å²) < 4.78 is 0. The molecule has 2 fully saturated rings. The molecular formula is C7H14N2. The van der Waals surface area contributed by atoms with Crippen LogP contribution in [0.5, 0.6) is 0 Å². The first kappa shape index (κ1) is 5.69. The number of piperazine rings is 1. The molecule has 1 spiro atoms. The molecule has 0 unspecified atom stereocenters. The molecule has 0 amide bonds. The Balaban J connectivity index is 1.91. The molecule has 2 aliphatic rings. The number of nitrogens with one attached hydrogen (secondary N) is 2. The second-order valence-electron chi connectivity index (χ2n) is 3.44. The van der Waals surface area contributed by atoms with Crippen molar-refractivity contribution < 1.29 is 0 Å². The molecular weight excluding hydrogens is 112 g/mol. The largest absolute Gasteiger partial charge is 0.311 e. The Bertz CT molecular complexity index is 108. The summed E-state index contributed by atoms with van der Waals surface area (Å²) in [6.45, 7) is 4.57. The molecule has 0 radical (unpaired) electrons. The van der Waals surface area contributed by atoms with E-state index in [2.05, 4.69) is 17.6 Å². The predicted octanol–water partition coefficient (Wildman–Crippen LogP) is 0.100. The van der Waals surface area contributed by atoms with Gasteiger partial charge < -0.3 is 10.6 Å². The van der Waals surface area contributed by atoms with Crippen LogP contribution in [0.1, 0.15) is 19.8 Å². The first-order valence-electron chi connectivity index (χ1n) is 3.79. The summed E-state index contributed by atoms with van der Waals surface area (Å²) in [7, 11) is 0. The lowest BCUT2D eigenvalue weighted by molar-refractivity contribution is 0.346. The van der Waals surface area contributed by atoms with E-state index in [4.69, 9.17) is 0 Å². The molecule has 2 rings (SSSR count). The molecule has 9 heavy (non-hydrogen) atoms. The first-order chi connectivity index (χ1) is 4.31. The van der Waals surface area contributed by atoms with Gasteiger partial charge in [-0.3, -0.25) is 0 Å². The monoisotopic (exact) mass is 126 g/mol. The second-order valence-corrected chi connectivity index (χ2v) is 3.44. The van der Waals surface area contributed by atoms with E-state index in [1.54, 1.807) is 0 Å². The van der Waals surface area contributed by atoms with Crippen LogP contribution in [0, 0.1) is 0 Å². The topological polar surface area (TPSA) is 24.1 Å². The van der Waals surface area contributed by atoms with Crippen molar-refractivity contribution in [2.24, 2.45) is 0 Å². The fourth-order valence-corrected chi connectivity index (χ4v) is 1.38. The molecule has 2 heteroatoms. The van der Waals surface area contributed by atoms with Gasteiger partial charge in [-0.1, -0.05) is 0 Å². The minimum Gasteiger partial charge on any atom is -0.311 e. The van der Waals surface area contributed by atoms with Gasteiger partial charge in [-0.25, -0.2) is 0 Å². The number of rotatable bonds is 0. The average molecular weight is 126 g/mol. The minimum absolute atomic E-state index is 0.548. The molecule has 1 aliphatic heterocycles. The molecule has 1 saturated carbocycles. The summed E-state index contributed by atoms with van der Waals surface area (Å²) in [5.41, 5.74) is 0.548. The van der Waals surface area contributed by atoms with Crippen LogP contribution < -0.4 is 10.6 Å². The fraction of sp³-hybridized carbons (Fsp3) is 1.00. The lowest BCUT2D eigenvalue weighted by Gasteiger charge is -2.28. The summed E-state index contributed by atoms with van der Waals surface area (Å²) in [6.07, 6.45) is 2.76. The lowest BCUT2D eigenvalue weighted by atomic mass is 10.1. The quantitative estimate of drug-likeness (QED) is 0.481. The van der Waals surface area contributed by atoms with E-state index in [1.165, 1.54) is 19.4 Å². The van der Waals surface area contributed by atoms with Gasteiger partial charge in [0.1, 0.15) is 0 Å². The molecule has 0 bridgehead atoms. The summed E-state index contributed by atoms with van der Waals surface area (Å²) in [5, 5.41) is 7.03. The maximum absolute atomic E-state index is 3.56. The van der Waals surface area contributed by atoms with E-state index in [-0.39, 0.29) is 0 Å². The van der Waals surface area contributed by atoms with E-state index in [1.807, 2.05) is 0 Å². The summed E-state index contributed by atoms with van der Waals surface area (Å²) in [4.78, 5) is 0. The predicted molar refractivity (Wildman–Crippen MR) is 37.4 cm³/mol. The van der Waals surface area contributed by atoms with Gasteiger partial charge in [-0.2, -0.15) is 0 Å². The normalized spacial score (nSPS) is 39.0. The van der Waals surface area contributed by atoms with Gasteiger partial charge in [0.25, 0.3) is 0 Å². The highest BCUT2D eigenvalue weighted by atomic mass is 15.1. The van der Waals surface area contributed by atoms with Crippen molar-refractivity contribution in [3.63, 3.8) is 0 Å². The lowest BCUT2D eigenvalue weighted by Crippen LogP contribution is -2.54. The molecule has 52 valence electrons. The number of hydrogen-bond acceptors (Lipinski definition) is 2. The van der Waals surface area contributed by atoms with Crippen molar-refractivity contribution in [2.75, 3.05) is 13.1 Å². The van der Waals surface area contributed by atoms with Gasteiger partial charge in [0, 0.05) is 24.7 Å². The highest BCUT2D eigenvalue weighted by molar-refractivity contribution is 5.06. The first-order valence-corrected chi connectivity index (χ1v) is 3.79. The van der Waals surface area contributed by atoms with Crippen molar-refractivity contribution in [2.45, 2.75) is 31.3 Å². The Morgan fingerprint density at radius 1 is 1.44 bits per heavy atom. The van der Waals surface area contributed by atoms with Crippen LogP contribution in [0.25, 0.3) is 0 Å². The third-order valence-corrected chi connectivity index (χ3v) is 2.43. The van der Waals surface area contributed by atoms with Crippen molar-refractivity contribution in [3.8, 4) is 0 Å². The van der Waals surface area contributed by atoms with Crippen molar-refractivity contribution in [1.29, 1.82) is 0 Å². The Hall–Kier alpha value is -0.0800. The van der Waals surface area contributed by atoms with Gasteiger partial charge in [0.2, 0.25) is 0 Å². The molecule has 1 heterocycles. The van der Waals surface area contributed by atoms with Crippen LogP contribution in [0.4, 0.5) is 0 Å². The Morgan fingerprint density at radius 2 is 2.22 bits per heavy atom. The van der Waals surface area contributed by atoms with Gasteiger partial charge in [-0.05, 0) is 19.8 Å². The third-order valence-electron chi connectivity index (χ3n) is 2.43. The van der Waals surface area contributed by atoms with Crippen molar-refractivity contribution in [3.05, 3.63) is 0 Å². The standard InChI is InChI=1S/C7H14N2/c1-6-4-9-7(2-3-7)5-8-6/h6,8-9H,2-5H2,1H3/t6-/m0/s1. The van der Waals surface area contributed by atoms with E-state index >= 15 is 0 Å².